The number of aliphatic hydroxyl groups is 1. The molecule has 2 heterocycles. The number of nitrogens with zero attached hydrogens (tertiary/aromatic N) is 1. The molecule has 4 nitrogen and oxygen atoms in total. The Morgan fingerprint density at radius 1 is 1.53 bits per heavy atom. The lowest BCUT2D eigenvalue weighted by atomic mass is 9.72. The van der Waals surface area contributed by atoms with E-state index in [4.69, 9.17) is 0 Å². The van der Waals surface area contributed by atoms with Gasteiger partial charge in [0, 0.05) is 5.54 Å². The number of carbonyl (C=O) groups is 1. The van der Waals surface area contributed by atoms with Crippen molar-refractivity contribution in [3.8, 4) is 0 Å². The number of benzene rings is 1. The van der Waals surface area contributed by atoms with Crippen LogP contribution >= 0.6 is 0 Å². The maximum Gasteiger partial charge on any atom is 0.408 e. The van der Waals surface area contributed by atoms with Crippen molar-refractivity contribution in [2.24, 2.45) is 5.92 Å². The Hall–Kier alpha value is -1.62. The Morgan fingerprint density at radius 3 is 2.79 bits per heavy atom. The number of hydrogen-bond acceptors (Lipinski definition) is 2. The monoisotopic (exact) mass is 265 g/mol. The van der Waals surface area contributed by atoms with Crippen LogP contribution in [0.25, 0.3) is 0 Å². The topological polar surface area (TPSA) is 60.8 Å². The first-order valence-corrected chi connectivity index (χ1v) is 6.38. The lowest BCUT2D eigenvalue weighted by Gasteiger charge is -2.37. The van der Waals surface area contributed by atoms with Crippen LogP contribution in [0, 0.1) is 11.7 Å². The first kappa shape index (κ1) is 12.4. The van der Waals surface area contributed by atoms with E-state index in [1.165, 1.54) is 23.1 Å². The number of amides is 1. The van der Waals surface area contributed by atoms with Crippen LogP contribution in [-0.4, -0.2) is 32.8 Å². The van der Waals surface area contributed by atoms with Crippen LogP contribution in [-0.2, 0) is 0 Å². The number of fused-ring (bicyclic) bond motifs is 1. The molecule has 1 aromatic carbocycles. The number of carboxylic acid groups (broad SMARTS) is 1. The van der Waals surface area contributed by atoms with E-state index in [0.29, 0.717) is 5.56 Å². The summed E-state index contributed by atoms with van der Waals surface area (Å²) in [6.07, 6.45) is -0.434. The van der Waals surface area contributed by atoms with Crippen molar-refractivity contribution < 1.29 is 19.4 Å². The average Bonchev–Trinajstić information content (AvgIpc) is 2.76. The van der Waals surface area contributed by atoms with E-state index in [0.717, 1.165) is 12.8 Å². The first-order valence-electron chi connectivity index (χ1n) is 6.38. The molecule has 2 saturated heterocycles. The van der Waals surface area contributed by atoms with Crippen LogP contribution in [0.4, 0.5) is 9.18 Å². The predicted molar refractivity (Wildman–Crippen MR) is 66.1 cm³/mol. The molecule has 1 amide bonds. The summed E-state index contributed by atoms with van der Waals surface area (Å²) in [7, 11) is 0. The second-order valence-corrected chi connectivity index (χ2v) is 5.81. The zero-order chi connectivity index (χ0) is 13.8. The van der Waals surface area contributed by atoms with Gasteiger partial charge in [0.1, 0.15) is 5.82 Å². The van der Waals surface area contributed by atoms with Gasteiger partial charge in [-0.3, -0.25) is 4.90 Å². The van der Waals surface area contributed by atoms with Gasteiger partial charge >= 0.3 is 6.09 Å². The summed E-state index contributed by atoms with van der Waals surface area (Å²) in [5, 5.41) is 19.7. The maximum absolute atomic E-state index is 13.2. The van der Waals surface area contributed by atoms with E-state index in [2.05, 4.69) is 0 Å². The first-order chi connectivity index (χ1) is 8.92. The van der Waals surface area contributed by atoms with Crippen molar-refractivity contribution in [3.05, 3.63) is 35.6 Å². The Bertz CT molecular complexity index is 527. The van der Waals surface area contributed by atoms with Crippen molar-refractivity contribution in [1.29, 1.82) is 0 Å². The van der Waals surface area contributed by atoms with Gasteiger partial charge in [-0.15, -0.1) is 0 Å². The summed E-state index contributed by atoms with van der Waals surface area (Å²) in [6.45, 7) is 1.90. The van der Waals surface area contributed by atoms with Gasteiger partial charge in [-0.2, -0.15) is 0 Å². The molecular weight excluding hydrogens is 249 g/mol. The molecule has 1 saturated carbocycles. The second-order valence-electron chi connectivity index (χ2n) is 5.81. The van der Waals surface area contributed by atoms with Crippen molar-refractivity contribution >= 4 is 6.09 Å². The predicted octanol–water partition coefficient (Wildman–Crippen LogP) is 2.39. The van der Waals surface area contributed by atoms with Gasteiger partial charge in [0.2, 0.25) is 0 Å². The van der Waals surface area contributed by atoms with Crippen LogP contribution < -0.4 is 0 Å². The smallest absolute Gasteiger partial charge is 0.408 e. The van der Waals surface area contributed by atoms with Gasteiger partial charge in [-0.25, -0.2) is 9.18 Å². The third-order valence-corrected chi connectivity index (χ3v) is 4.49. The molecule has 1 aromatic rings. The average molecular weight is 265 g/mol. The van der Waals surface area contributed by atoms with Gasteiger partial charge in [0.15, 0.2) is 0 Å². The summed E-state index contributed by atoms with van der Waals surface area (Å²) < 4.78 is 13.2. The highest BCUT2D eigenvalue weighted by molar-refractivity contribution is 5.68. The highest BCUT2D eigenvalue weighted by Crippen LogP contribution is 2.57. The molecule has 3 aliphatic rings. The molecule has 2 aliphatic heterocycles. The van der Waals surface area contributed by atoms with E-state index in [9.17, 15) is 19.4 Å². The summed E-state index contributed by atoms with van der Waals surface area (Å²) in [5.41, 5.74) is 0.0718. The largest absolute Gasteiger partial charge is 0.465 e. The van der Waals surface area contributed by atoms with Crippen LogP contribution in [0.3, 0.4) is 0 Å². The fourth-order valence-corrected chi connectivity index (χ4v) is 3.72. The fourth-order valence-electron chi connectivity index (χ4n) is 3.72. The SMILES string of the molecule is CC12CC(C1)C([C@H](O)c1cccc(F)c1)N2C(=O)O. The molecule has 1 unspecified atom stereocenters. The lowest BCUT2D eigenvalue weighted by Crippen LogP contribution is -2.47. The fraction of sp³-hybridized carbons (Fsp3) is 0.500. The molecule has 2 atom stereocenters. The molecule has 0 aromatic heterocycles. The Morgan fingerprint density at radius 2 is 2.21 bits per heavy atom. The third-order valence-electron chi connectivity index (χ3n) is 4.49. The van der Waals surface area contributed by atoms with E-state index in [1.807, 2.05) is 6.92 Å². The molecular formula is C14H16FNO3. The van der Waals surface area contributed by atoms with Crippen LogP contribution in [0.5, 0.6) is 0 Å². The van der Waals surface area contributed by atoms with Gasteiger partial charge in [0.05, 0.1) is 12.1 Å². The number of aliphatic hydroxyl groups excluding tert-OH is 1. The summed E-state index contributed by atoms with van der Waals surface area (Å²) >= 11 is 0. The molecule has 1 aliphatic carbocycles. The molecule has 3 fully saturated rings. The standard InChI is InChI=1S/C14H16FNO3/c1-14-6-9(7-14)11(16(14)13(18)19)12(17)8-3-2-4-10(15)5-8/h2-5,9,11-12,17H,6-7H2,1H3,(H,18,19)/t9?,11?,12-,14?/m1/s1. The Balaban J connectivity index is 1.92. The highest BCUT2D eigenvalue weighted by atomic mass is 19.1. The van der Waals surface area contributed by atoms with Crippen LogP contribution in [0.15, 0.2) is 24.3 Å². The van der Waals surface area contributed by atoms with Crippen molar-refractivity contribution in [2.75, 3.05) is 0 Å². The van der Waals surface area contributed by atoms with E-state index >= 15 is 0 Å². The van der Waals surface area contributed by atoms with Crippen molar-refractivity contribution in [1.82, 2.24) is 4.90 Å². The maximum atomic E-state index is 13.2. The highest BCUT2D eigenvalue weighted by Gasteiger charge is 2.62. The number of rotatable bonds is 2. The normalized spacial score (nSPS) is 33.9. The summed E-state index contributed by atoms with van der Waals surface area (Å²) in [4.78, 5) is 12.8. The minimum atomic E-state index is -1.01. The number of halogens is 1. The van der Waals surface area contributed by atoms with Gasteiger partial charge in [-0.05, 0) is 43.4 Å². The molecule has 5 heteroatoms. The van der Waals surface area contributed by atoms with E-state index in [-0.39, 0.29) is 11.5 Å². The van der Waals surface area contributed by atoms with Gasteiger partial charge in [0.25, 0.3) is 0 Å². The Kier molecular flexibility index (Phi) is 2.57. The minimum absolute atomic E-state index is 0.166. The quantitative estimate of drug-likeness (QED) is 0.863. The third kappa shape index (κ3) is 1.72. The molecule has 2 bridgehead atoms. The minimum Gasteiger partial charge on any atom is -0.465 e. The number of hydrogen-bond donors (Lipinski definition) is 2. The van der Waals surface area contributed by atoms with Gasteiger partial charge < -0.3 is 10.2 Å². The summed E-state index contributed by atoms with van der Waals surface area (Å²) in [5.74, 6) is -0.255. The molecule has 2 N–H and O–H groups in total. The lowest BCUT2D eigenvalue weighted by molar-refractivity contribution is 0.0514. The van der Waals surface area contributed by atoms with Gasteiger partial charge in [-0.1, -0.05) is 12.1 Å². The molecule has 102 valence electrons. The second kappa shape index (κ2) is 3.93. The zero-order valence-corrected chi connectivity index (χ0v) is 10.6. The molecule has 0 radical (unpaired) electrons. The Labute approximate surface area is 110 Å². The molecule has 4 rings (SSSR count). The van der Waals surface area contributed by atoms with E-state index < -0.39 is 24.1 Å². The summed E-state index contributed by atoms with van der Waals surface area (Å²) in [6, 6.07) is 5.26. The molecule has 0 spiro atoms. The zero-order valence-electron chi connectivity index (χ0n) is 10.6. The van der Waals surface area contributed by atoms with E-state index in [1.54, 1.807) is 6.07 Å². The van der Waals surface area contributed by atoms with Crippen molar-refractivity contribution in [3.63, 3.8) is 0 Å². The molecule has 19 heavy (non-hydrogen) atoms. The van der Waals surface area contributed by atoms with Crippen LogP contribution in [0.2, 0.25) is 0 Å². The van der Waals surface area contributed by atoms with Crippen molar-refractivity contribution in [2.45, 2.75) is 37.5 Å². The van der Waals surface area contributed by atoms with Crippen LogP contribution in [0.1, 0.15) is 31.4 Å².